The van der Waals surface area contributed by atoms with Crippen LogP contribution < -0.4 is 5.32 Å². The molecule has 1 amide bonds. The smallest absolute Gasteiger partial charge is 0.448 e. The minimum Gasteiger partial charge on any atom is -0.448 e. The quantitative estimate of drug-likeness (QED) is 0.0355. The molecule has 20 heteroatoms. The van der Waals surface area contributed by atoms with Gasteiger partial charge in [-0.25, -0.2) is 9.55 Å². The van der Waals surface area contributed by atoms with Gasteiger partial charge in [-0.2, -0.15) is 5.26 Å². The number of methoxy groups -OCH3 is 2. The molecule has 2 fully saturated rings. The molecule has 15 atom stereocenters. The Morgan fingerprint density at radius 2 is 1.76 bits per heavy atom. The average molecular weight is 1010 g/mol. The molecule has 0 radical (unpaired) electrons. The zero-order valence-corrected chi connectivity index (χ0v) is 44.0. The van der Waals surface area contributed by atoms with Crippen molar-refractivity contribution in [2.75, 3.05) is 41.5 Å². The number of amides is 1. The Labute approximate surface area is 414 Å². The van der Waals surface area contributed by atoms with Crippen LogP contribution in [0.3, 0.4) is 0 Å². The number of aliphatic hydroxyl groups excluding tert-OH is 5. The lowest BCUT2D eigenvalue weighted by atomic mass is 9.72. The van der Waals surface area contributed by atoms with Crippen molar-refractivity contribution < 1.29 is 72.6 Å². The third-order valence-corrected chi connectivity index (χ3v) is 14.5. The van der Waals surface area contributed by atoms with Gasteiger partial charge < -0.3 is 68.9 Å². The van der Waals surface area contributed by atoms with Crippen LogP contribution in [0.2, 0.25) is 0 Å². The Kier molecular flexibility index (Phi) is 23.5. The maximum Gasteiger partial charge on any atom is 0.469 e. The number of carbonyl (C=O) groups is 1. The van der Waals surface area contributed by atoms with Crippen molar-refractivity contribution in [3.8, 4) is 6.07 Å². The van der Waals surface area contributed by atoms with Gasteiger partial charge in [-0.15, -0.1) is 0 Å². The van der Waals surface area contributed by atoms with Crippen LogP contribution in [-0.4, -0.2) is 159 Å². The second-order valence-electron chi connectivity index (χ2n) is 19.9. The predicted octanol–water partition coefficient (Wildman–Crippen LogP) is 4.69. The first-order chi connectivity index (χ1) is 32.6. The predicted molar refractivity (Wildman–Crippen MR) is 262 cm³/mol. The molecule has 0 aromatic carbocycles. The minimum absolute atomic E-state index is 0.0645. The van der Waals surface area contributed by atoms with Crippen LogP contribution in [0.25, 0.3) is 6.08 Å². The zero-order chi connectivity index (χ0) is 52.9. The molecule has 70 heavy (non-hydrogen) atoms. The number of hydrogen-bond donors (Lipinski definition) is 8. The normalized spacial score (nSPS) is 27.6. The molecule has 8 N–H and O–H groups in total. The van der Waals surface area contributed by atoms with E-state index >= 15 is 0 Å². The summed E-state index contributed by atoms with van der Waals surface area (Å²) < 4.78 is 48.2. The number of ether oxygens (including phenoxy) is 4. The second kappa shape index (κ2) is 27.0. The lowest BCUT2D eigenvalue weighted by molar-refractivity contribution is -0.334. The van der Waals surface area contributed by atoms with Crippen LogP contribution in [0.4, 0.5) is 0 Å². The zero-order valence-electron chi connectivity index (χ0n) is 43.1. The van der Waals surface area contributed by atoms with Gasteiger partial charge in [0.15, 0.2) is 17.8 Å². The van der Waals surface area contributed by atoms with Crippen molar-refractivity contribution >= 4 is 19.8 Å². The molecule has 0 bridgehead atoms. The molecule has 0 aliphatic carbocycles. The van der Waals surface area contributed by atoms with E-state index in [1.54, 1.807) is 45.8 Å². The first kappa shape index (κ1) is 60.9. The number of nitriles is 1. The largest absolute Gasteiger partial charge is 0.469 e. The van der Waals surface area contributed by atoms with Crippen molar-refractivity contribution in [2.24, 2.45) is 23.2 Å². The molecule has 2 aliphatic heterocycles. The van der Waals surface area contributed by atoms with Gasteiger partial charge in [-0.05, 0) is 64.9 Å². The molecule has 1 aromatic rings. The number of likely N-dealkylation sites (N-methyl/N-ethyl adjacent to an activating group) is 1. The van der Waals surface area contributed by atoms with Gasteiger partial charge >= 0.3 is 7.82 Å². The summed E-state index contributed by atoms with van der Waals surface area (Å²) in [6, 6.07) is 1.40. The fraction of sp³-hybridized carbons (Fsp3) is 0.700. The van der Waals surface area contributed by atoms with Crippen molar-refractivity contribution in [3.05, 3.63) is 71.0 Å². The fourth-order valence-corrected chi connectivity index (χ4v) is 9.64. The number of phosphoric acid groups is 1. The molecule has 2 aliphatic rings. The highest BCUT2D eigenvalue weighted by Gasteiger charge is 2.68. The third kappa shape index (κ3) is 16.3. The Balaban J connectivity index is 1.74. The summed E-state index contributed by atoms with van der Waals surface area (Å²) in [6.45, 7) is 16.6. The summed E-state index contributed by atoms with van der Waals surface area (Å²) in [5.41, 5.74) is 1.87. The number of nitrogens with zero attached hydrogens (tertiary/aromatic N) is 3. The highest BCUT2D eigenvalue weighted by Crippen LogP contribution is 2.59. The van der Waals surface area contributed by atoms with E-state index in [2.05, 4.69) is 10.3 Å². The number of allylic oxidation sites excluding steroid dienone is 7. The van der Waals surface area contributed by atoms with E-state index in [9.17, 15) is 44.7 Å². The van der Waals surface area contributed by atoms with E-state index in [4.69, 9.17) is 33.2 Å². The standard InChI is InChI=1S/C50H81N4O15P/c1-29(20-22-51)16-14-17-30(2)32(4)24-33(5)42(57)35(7)38(55)25-41(65-13)45-46(69-70(61,62)63)49(8,9)50(68-45)26-39(56)34(6)40(67-50)19-15-18-36-27-66-48(53-36)31(3)21-23-52-47(60)44(59)43(58)37(28-64-12)54(10)11/h14-18,20,24,27,31,33-35,37-46,55-59H,19,21,23,25-26,28H2,1-13H3,(H,52,60)(H2,61,62,63)/t31-,33+,34-,35-,37-,38-,39+,40-,41-,42+,43-,44-,45+,46-,50-/m1/s1. The lowest BCUT2D eigenvalue weighted by Gasteiger charge is -2.50. The summed E-state index contributed by atoms with van der Waals surface area (Å²) in [5.74, 6) is -3.63. The van der Waals surface area contributed by atoms with Gasteiger partial charge in [0.05, 0.1) is 49.2 Å². The summed E-state index contributed by atoms with van der Waals surface area (Å²) >= 11 is 0. The van der Waals surface area contributed by atoms with Crippen molar-refractivity contribution in [1.82, 2.24) is 15.2 Å². The Morgan fingerprint density at radius 3 is 2.36 bits per heavy atom. The number of aliphatic hydroxyl groups is 5. The van der Waals surface area contributed by atoms with Crippen LogP contribution in [0, 0.1) is 34.5 Å². The molecular weight excluding hydrogens is 928 g/mol. The molecular formula is C50H81N4O15P. The van der Waals surface area contributed by atoms with Crippen LogP contribution in [0.15, 0.2) is 63.9 Å². The number of rotatable bonds is 26. The number of nitrogens with one attached hydrogen (secondary N) is 1. The Morgan fingerprint density at radius 1 is 1.09 bits per heavy atom. The molecule has 0 saturated carbocycles. The van der Waals surface area contributed by atoms with E-state index in [1.807, 2.05) is 78.0 Å². The maximum atomic E-state index is 12.6. The number of aromatic nitrogens is 1. The van der Waals surface area contributed by atoms with Gasteiger partial charge in [0, 0.05) is 68.8 Å². The topological polar surface area (TPSA) is 287 Å². The Hall–Kier alpha value is -3.42. The number of oxazole rings is 1. The van der Waals surface area contributed by atoms with Crippen molar-refractivity contribution in [3.63, 3.8) is 0 Å². The monoisotopic (exact) mass is 1010 g/mol. The van der Waals surface area contributed by atoms with E-state index in [-0.39, 0.29) is 44.2 Å². The van der Waals surface area contributed by atoms with Gasteiger partial charge in [0.25, 0.3) is 5.91 Å². The highest BCUT2D eigenvalue weighted by molar-refractivity contribution is 7.46. The average Bonchev–Trinajstić information content (AvgIpc) is 3.84. The summed E-state index contributed by atoms with van der Waals surface area (Å²) in [6.07, 6.45) is 4.10. The van der Waals surface area contributed by atoms with Gasteiger partial charge in [0.2, 0.25) is 0 Å². The maximum absolute atomic E-state index is 12.6. The molecule has 1 spiro atoms. The van der Waals surface area contributed by atoms with Crippen LogP contribution >= 0.6 is 7.82 Å². The first-order valence-electron chi connectivity index (χ1n) is 23.8. The molecule has 19 nitrogen and oxygen atoms in total. The number of hydrogen-bond acceptors (Lipinski definition) is 16. The van der Waals surface area contributed by atoms with Gasteiger partial charge in [0.1, 0.15) is 30.3 Å². The van der Waals surface area contributed by atoms with Crippen LogP contribution in [-0.2, 0) is 32.8 Å². The van der Waals surface area contributed by atoms with Gasteiger partial charge in [-0.3, -0.25) is 9.32 Å². The summed E-state index contributed by atoms with van der Waals surface area (Å²) in [5, 5.41) is 67.1. The molecule has 1 aromatic heterocycles. The SMILES string of the molecule is COC[C@H]([C@@H](O)[C@@H](O)C(=O)NCC[C@@H](C)c1nc(C=CC[C@H]2O[C@]3(C[C@H](O)[C@H]2C)O[C@@H]([C@@H](C[C@@H](O)[C@@H](C)[C@@H](O)[C@@H](C)C=C(C)C(C)=CC=CC(C)=CC#N)OC)[C@@H](OP(=O)(O)O)C3(C)C)co1)N(C)C. The molecule has 2 saturated heterocycles. The van der Waals surface area contributed by atoms with E-state index in [0.717, 1.165) is 16.7 Å². The second-order valence-corrected chi connectivity index (χ2v) is 21.1. The lowest BCUT2D eigenvalue weighted by Crippen LogP contribution is -2.58. The highest BCUT2D eigenvalue weighted by atomic mass is 31.2. The molecule has 0 unspecified atom stereocenters. The summed E-state index contributed by atoms with van der Waals surface area (Å²) in [7, 11) is 1.12. The molecule has 3 heterocycles. The van der Waals surface area contributed by atoms with E-state index < -0.39 is 97.7 Å². The van der Waals surface area contributed by atoms with E-state index in [0.29, 0.717) is 18.0 Å². The Bertz CT molecular complexity index is 2080. The van der Waals surface area contributed by atoms with Crippen molar-refractivity contribution in [1.29, 1.82) is 5.26 Å². The minimum atomic E-state index is -5.15. The number of phosphoric ester groups is 1. The summed E-state index contributed by atoms with van der Waals surface area (Å²) in [4.78, 5) is 39.2. The fourth-order valence-electron chi connectivity index (χ4n) is 8.96. The first-order valence-corrected chi connectivity index (χ1v) is 25.4. The number of carbonyl (C=O) groups excluding carboxylic acids is 1. The van der Waals surface area contributed by atoms with Crippen LogP contribution in [0.5, 0.6) is 0 Å². The molecule has 396 valence electrons. The van der Waals surface area contributed by atoms with E-state index in [1.165, 1.54) is 26.6 Å². The van der Waals surface area contributed by atoms with Crippen LogP contribution in [0.1, 0.15) is 105 Å². The van der Waals surface area contributed by atoms with Gasteiger partial charge in [-0.1, -0.05) is 77.5 Å². The van der Waals surface area contributed by atoms with Crippen molar-refractivity contribution in [2.45, 2.75) is 161 Å². The third-order valence-electron chi connectivity index (χ3n) is 14.0. The molecule has 3 rings (SSSR count).